The van der Waals surface area contributed by atoms with Gasteiger partial charge in [-0.25, -0.2) is 24.0 Å². The van der Waals surface area contributed by atoms with E-state index in [1.54, 1.807) is 5.01 Å². The van der Waals surface area contributed by atoms with Gasteiger partial charge < -0.3 is 20.4 Å². The zero-order valence-corrected chi connectivity index (χ0v) is 18.6. The third-order valence-corrected chi connectivity index (χ3v) is 4.88. The topological polar surface area (TPSA) is 131 Å². The number of hydrazine groups is 1. The van der Waals surface area contributed by atoms with Gasteiger partial charge in [0, 0.05) is 26.2 Å². The Bertz CT molecular complexity index is 844. The quantitative estimate of drug-likeness (QED) is 0.350. The van der Waals surface area contributed by atoms with E-state index in [2.05, 4.69) is 4.74 Å². The van der Waals surface area contributed by atoms with Crippen LogP contribution in [-0.4, -0.2) is 87.2 Å². The first-order chi connectivity index (χ1) is 16.5. The summed E-state index contributed by atoms with van der Waals surface area (Å²) in [5.74, 6) is -4.56. The third-order valence-electron chi connectivity index (χ3n) is 4.88. The first-order valence-electron chi connectivity index (χ1n) is 10.4. The maximum absolute atomic E-state index is 13.2. The second kappa shape index (κ2) is 13.7. The number of carboxylic acid groups (broad SMARTS) is 2. The minimum Gasteiger partial charge on any atom is -0.479 e. The highest BCUT2D eigenvalue weighted by molar-refractivity contribution is 5.83. The largest absolute Gasteiger partial charge is 0.522 e. The second-order valence-electron chi connectivity index (χ2n) is 7.56. The van der Waals surface area contributed by atoms with E-state index in [4.69, 9.17) is 20.4 Å². The molecule has 0 spiro atoms. The molecule has 0 bridgehead atoms. The molecular formula is C20H25F7N2O7. The molecule has 1 heterocycles. The summed E-state index contributed by atoms with van der Waals surface area (Å²) in [5, 5.41) is 35.7. The van der Waals surface area contributed by atoms with Crippen molar-refractivity contribution in [2.45, 2.75) is 50.6 Å². The highest BCUT2D eigenvalue weighted by Crippen LogP contribution is 2.33. The van der Waals surface area contributed by atoms with Crippen molar-refractivity contribution in [3.63, 3.8) is 0 Å². The Kier molecular flexibility index (Phi) is 12.0. The number of hydrogen-bond donors (Lipinski definition) is 4. The lowest BCUT2D eigenvalue weighted by Gasteiger charge is -2.38. The molecule has 206 valence electrons. The molecule has 1 aromatic rings. The first-order valence-corrected chi connectivity index (χ1v) is 10.4. The van der Waals surface area contributed by atoms with Gasteiger partial charge in [-0.05, 0) is 30.5 Å². The summed E-state index contributed by atoms with van der Waals surface area (Å²) < 4.78 is 93.0. The van der Waals surface area contributed by atoms with E-state index in [9.17, 15) is 40.3 Å². The summed E-state index contributed by atoms with van der Waals surface area (Å²) in [5.41, 5.74) is -1.33. The van der Waals surface area contributed by atoms with Gasteiger partial charge in [-0.15, -0.1) is 13.2 Å². The van der Waals surface area contributed by atoms with Gasteiger partial charge in [0.15, 0.2) is 12.2 Å². The van der Waals surface area contributed by atoms with E-state index in [1.165, 1.54) is 5.01 Å². The number of halogens is 7. The smallest absolute Gasteiger partial charge is 0.479 e. The van der Waals surface area contributed by atoms with Crippen molar-refractivity contribution in [2.24, 2.45) is 0 Å². The van der Waals surface area contributed by atoms with E-state index in [0.717, 1.165) is 31.4 Å². The highest BCUT2D eigenvalue weighted by Gasteiger charge is 2.35. The molecular weight excluding hydrogens is 513 g/mol. The first kappa shape index (κ1) is 31.5. The van der Waals surface area contributed by atoms with Crippen LogP contribution in [0.1, 0.15) is 30.4 Å². The molecule has 0 aromatic heterocycles. The molecule has 36 heavy (non-hydrogen) atoms. The Morgan fingerprint density at radius 3 is 1.94 bits per heavy atom. The maximum Gasteiger partial charge on any atom is 0.522 e. The van der Waals surface area contributed by atoms with Crippen LogP contribution in [0.2, 0.25) is 0 Å². The fourth-order valence-corrected chi connectivity index (χ4v) is 3.16. The van der Waals surface area contributed by atoms with Crippen LogP contribution in [0.4, 0.5) is 30.7 Å². The number of nitrogens with zero attached hydrogens (tertiary/aromatic N) is 2. The fraction of sp³-hybridized carbons (Fsp3) is 0.600. The Hall–Kier alpha value is -2.53. The van der Waals surface area contributed by atoms with Crippen molar-refractivity contribution in [2.75, 3.05) is 26.2 Å². The van der Waals surface area contributed by atoms with Crippen LogP contribution in [0.25, 0.3) is 0 Å². The Balaban J connectivity index is 0.000000548. The Morgan fingerprint density at radius 1 is 0.972 bits per heavy atom. The number of rotatable bonds is 9. The summed E-state index contributed by atoms with van der Waals surface area (Å²) in [7, 11) is 0. The summed E-state index contributed by atoms with van der Waals surface area (Å²) in [4.78, 5) is 19.5. The summed E-state index contributed by atoms with van der Waals surface area (Å²) in [6.07, 6.45) is -11.5. The average Bonchev–Trinajstić information content (AvgIpc) is 2.77. The van der Waals surface area contributed by atoms with Crippen LogP contribution in [0.3, 0.4) is 0 Å². The molecule has 0 amide bonds. The molecule has 1 aliphatic rings. The van der Waals surface area contributed by atoms with E-state index in [1.807, 2.05) is 0 Å². The monoisotopic (exact) mass is 538 g/mol. The van der Waals surface area contributed by atoms with Crippen LogP contribution in [0.15, 0.2) is 18.2 Å². The van der Waals surface area contributed by atoms with Crippen LogP contribution in [0.5, 0.6) is 0 Å². The molecule has 2 unspecified atom stereocenters. The molecule has 2 atom stereocenters. The number of carboxylic acids is 2. The second-order valence-corrected chi connectivity index (χ2v) is 7.56. The van der Waals surface area contributed by atoms with Crippen LogP contribution in [-0.2, 0) is 27.0 Å². The van der Waals surface area contributed by atoms with Crippen molar-refractivity contribution < 1.29 is 65.5 Å². The number of alkyl halides is 6. The molecule has 1 aliphatic heterocycles. The molecule has 2 rings (SSSR count). The third kappa shape index (κ3) is 11.0. The van der Waals surface area contributed by atoms with Gasteiger partial charge in [0.2, 0.25) is 0 Å². The lowest BCUT2D eigenvalue weighted by Crippen LogP contribution is -2.47. The van der Waals surface area contributed by atoms with E-state index >= 15 is 0 Å². The zero-order valence-electron chi connectivity index (χ0n) is 18.6. The van der Waals surface area contributed by atoms with E-state index in [0.29, 0.717) is 19.2 Å². The summed E-state index contributed by atoms with van der Waals surface area (Å²) in [6, 6.07) is 2.32. The molecule has 0 aliphatic carbocycles. The van der Waals surface area contributed by atoms with Gasteiger partial charge in [0.05, 0.1) is 12.2 Å². The normalized spacial score (nSPS) is 16.7. The Labute approximate surface area is 200 Å². The van der Waals surface area contributed by atoms with Gasteiger partial charge in [-0.3, -0.25) is 4.74 Å². The van der Waals surface area contributed by atoms with Crippen molar-refractivity contribution in [3.05, 3.63) is 35.1 Å². The van der Waals surface area contributed by atoms with Gasteiger partial charge in [-0.1, -0.05) is 12.5 Å². The predicted molar refractivity (Wildman–Crippen MR) is 107 cm³/mol. The number of aliphatic hydroxyl groups is 2. The fourth-order valence-electron chi connectivity index (χ4n) is 3.16. The van der Waals surface area contributed by atoms with Gasteiger partial charge in [0.25, 0.3) is 0 Å². The number of piperidine rings is 1. The summed E-state index contributed by atoms with van der Waals surface area (Å²) >= 11 is 0. The molecule has 9 nitrogen and oxygen atoms in total. The van der Waals surface area contributed by atoms with E-state index < -0.39 is 54.7 Å². The van der Waals surface area contributed by atoms with Crippen molar-refractivity contribution >= 4 is 11.9 Å². The number of hydrogen-bond acceptors (Lipinski definition) is 7. The van der Waals surface area contributed by atoms with Gasteiger partial charge in [0.1, 0.15) is 5.82 Å². The van der Waals surface area contributed by atoms with Crippen LogP contribution in [0, 0.1) is 5.82 Å². The molecule has 1 fully saturated rings. The standard InChI is InChI=1S/C16H19F7N2O.C4H6O6/c17-13-5-4-12(14(10-13)15(18,19)20)11-25(8-9-26-16(21,22)23)24-6-2-1-3-7-24;5-1(3(7)8)2(6)4(9)10/h4-5,10H,1-3,6-9,11H2;1-2,5-6H,(H,7,8)(H,9,10). The lowest BCUT2D eigenvalue weighted by molar-refractivity contribution is -0.326. The number of aliphatic hydroxyl groups excluding tert-OH is 2. The summed E-state index contributed by atoms with van der Waals surface area (Å²) in [6.45, 7) is -0.143. The predicted octanol–water partition coefficient (Wildman–Crippen LogP) is 2.46. The lowest BCUT2D eigenvalue weighted by atomic mass is 10.1. The number of carbonyl (C=O) groups is 2. The van der Waals surface area contributed by atoms with Crippen molar-refractivity contribution in [3.8, 4) is 0 Å². The molecule has 16 heteroatoms. The minimum atomic E-state index is -4.80. The number of ether oxygens (including phenoxy) is 1. The molecule has 0 radical (unpaired) electrons. The van der Waals surface area contributed by atoms with Gasteiger partial charge in [-0.2, -0.15) is 13.2 Å². The maximum atomic E-state index is 13.2. The zero-order chi connectivity index (χ0) is 27.7. The number of benzene rings is 1. The van der Waals surface area contributed by atoms with Crippen molar-refractivity contribution in [1.29, 1.82) is 0 Å². The molecule has 4 N–H and O–H groups in total. The molecule has 1 saturated heterocycles. The Morgan fingerprint density at radius 2 is 1.50 bits per heavy atom. The highest BCUT2D eigenvalue weighted by atomic mass is 19.4. The van der Waals surface area contributed by atoms with Gasteiger partial charge >= 0.3 is 24.5 Å². The molecule has 0 saturated carbocycles. The van der Waals surface area contributed by atoms with E-state index in [-0.39, 0.29) is 18.7 Å². The van der Waals surface area contributed by atoms with Crippen LogP contribution >= 0.6 is 0 Å². The SMILES string of the molecule is Fc1ccc(CN(CCOC(F)(F)F)N2CCCCC2)c(C(F)(F)F)c1.O=C(O)C(O)C(O)C(=O)O. The average molecular weight is 538 g/mol. The van der Waals surface area contributed by atoms with Crippen LogP contribution < -0.4 is 0 Å². The van der Waals surface area contributed by atoms with Crippen molar-refractivity contribution in [1.82, 2.24) is 10.0 Å². The molecule has 1 aromatic carbocycles. The number of aliphatic carboxylic acids is 2. The minimum absolute atomic E-state index is 0.198.